The molecule has 0 fully saturated rings. The molecule has 0 amide bonds. The first-order chi connectivity index (χ1) is 12.1. The van der Waals surface area contributed by atoms with E-state index in [4.69, 9.17) is 0 Å². The normalized spacial score (nSPS) is 8.59. The van der Waals surface area contributed by atoms with Gasteiger partial charge in [-0.3, -0.25) is 14.4 Å². The average molecular weight is 401 g/mol. The number of carbonyl (C=O) groups excluding carboxylic acids is 5. The van der Waals surface area contributed by atoms with Gasteiger partial charge >= 0.3 is 23.3 Å². The van der Waals surface area contributed by atoms with Crippen molar-refractivity contribution in [2.75, 3.05) is 6.61 Å². The van der Waals surface area contributed by atoms with Gasteiger partial charge in [0.05, 0.1) is 6.61 Å². The Kier molecular flexibility index (Phi) is 29.6. The number of carboxylic acids is 2. The van der Waals surface area contributed by atoms with Crippen molar-refractivity contribution in [1.29, 1.82) is 0 Å². The number of unbranched alkanes of at least 4 members (excludes halogenated alkanes) is 1. The standard InChI is InChI=1S/2C6H10O3.C6H12O2.Al/c2*1-2-3-5(7)4-6(8)9;1-3-4-5-8-6(2)7;/h2*2-4H2,1H3,(H,8,9);3-5H2,1-2H3;/q;;;+2/p-2. The average Bonchev–Trinajstić information content (AvgIpc) is 2.47. The minimum atomic E-state index is -1.28. The summed E-state index contributed by atoms with van der Waals surface area (Å²) in [5.41, 5.74) is 0. The van der Waals surface area contributed by atoms with Gasteiger partial charge in [0, 0.05) is 44.5 Å². The molecule has 27 heavy (non-hydrogen) atoms. The summed E-state index contributed by atoms with van der Waals surface area (Å²) in [7, 11) is 0. The quantitative estimate of drug-likeness (QED) is 0.203. The molecule has 0 saturated heterocycles. The summed E-state index contributed by atoms with van der Waals surface area (Å²) in [6.45, 7) is 7.71. The van der Waals surface area contributed by atoms with Gasteiger partial charge in [-0.05, 0) is 19.3 Å². The van der Waals surface area contributed by atoms with E-state index < -0.39 is 24.8 Å². The molecule has 9 heteroatoms. The van der Waals surface area contributed by atoms with Gasteiger partial charge in [0.1, 0.15) is 11.6 Å². The Bertz CT molecular complexity index is 405. The van der Waals surface area contributed by atoms with Crippen molar-refractivity contribution in [1.82, 2.24) is 0 Å². The smallest absolute Gasteiger partial charge is 0.550 e. The van der Waals surface area contributed by atoms with Crippen LogP contribution in [-0.2, 0) is 28.7 Å². The molecule has 8 nitrogen and oxygen atoms in total. The molecule has 0 rings (SSSR count). The van der Waals surface area contributed by atoms with E-state index in [1.54, 1.807) is 0 Å². The van der Waals surface area contributed by atoms with Gasteiger partial charge in [0.2, 0.25) is 0 Å². The number of ether oxygens (including phenoxy) is 1. The number of carbonyl (C=O) groups is 5. The molecule has 0 aliphatic carbocycles. The second-order valence-electron chi connectivity index (χ2n) is 5.37. The molecule has 0 heterocycles. The second kappa shape index (κ2) is 24.3. The first-order valence-electron chi connectivity index (χ1n) is 8.66. The van der Waals surface area contributed by atoms with Gasteiger partial charge in [0.25, 0.3) is 0 Å². The van der Waals surface area contributed by atoms with E-state index in [1.807, 2.05) is 13.8 Å². The van der Waals surface area contributed by atoms with Crippen LogP contribution in [0.25, 0.3) is 0 Å². The van der Waals surface area contributed by atoms with Crippen molar-refractivity contribution < 1.29 is 38.9 Å². The van der Waals surface area contributed by atoms with Crippen molar-refractivity contribution in [3.8, 4) is 0 Å². The number of esters is 1. The van der Waals surface area contributed by atoms with E-state index >= 15 is 0 Å². The number of Topliss-reactive ketones (excluding diaryl/α,β-unsaturated/α-hetero) is 2. The van der Waals surface area contributed by atoms with Crippen molar-refractivity contribution in [2.24, 2.45) is 0 Å². The number of carboxylic acid groups (broad SMARTS) is 2. The number of ketones is 2. The Labute approximate surface area is 171 Å². The van der Waals surface area contributed by atoms with Crippen LogP contribution in [0.5, 0.6) is 0 Å². The van der Waals surface area contributed by atoms with Gasteiger partial charge in [0.15, 0.2) is 0 Å². The Morgan fingerprint density at radius 3 is 1.33 bits per heavy atom. The first-order valence-corrected chi connectivity index (χ1v) is 8.66. The summed E-state index contributed by atoms with van der Waals surface area (Å²) in [6, 6.07) is 0. The fourth-order valence-electron chi connectivity index (χ4n) is 1.42. The molecule has 0 aliphatic rings. The fraction of sp³-hybridized carbons (Fsp3) is 0.722. The summed E-state index contributed by atoms with van der Waals surface area (Å²) >= 11 is 0. The molecule has 0 unspecified atom stereocenters. The Morgan fingerprint density at radius 2 is 1.11 bits per heavy atom. The SMILES string of the molecule is CCCC(=O)CC(=O)[O-].CCCC(=O)CC(=O)[O-].CCCCOC(C)=O.[Al+2]. The molecule has 0 bridgehead atoms. The van der Waals surface area contributed by atoms with Crippen LogP contribution in [0, 0.1) is 0 Å². The van der Waals surface area contributed by atoms with Crippen LogP contribution in [0.3, 0.4) is 0 Å². The van der Waals surface area contributed by atoms with Crippen molar-refractivity contribution in [3.63, 3.8) is 0 Å². The van der Waals surface area contributed by atoms with Crippen molar-refractivity contribution >= 4 is 46.8 Å². The fourth-order valence-corrected chi connectivity index (χ4v) is 1.42. The summed E-state index contributed by atoms with van der Waals surface area (Å²) in [5, 5.41) is 19.5. The molecular weight excluding hydrogens is 371 g/mol. The van der Waals surface area contributed by atoms with Gasteiger partial charge in [-0.2, -0.15) is 0 Å². The van der Waals surface area contributed by atoms with Gasteiger partial charge in [-0.15, -0.1) is 0 Å². The number of hydrogen-bond acceptors (Lipinski definition) is 8. The van der Waals surface area contributed by atoms with Crippen LogP contribution < -0.4 is 10.2 Å². The van der Waals surface area contributed by atoms with Crippen molar-refractivity contribution in [2.45, 2.75) is 79.1 Å². The van der Waals surface area contributed by atoms with Gasteiger partial charge < -0.3 is 24.5 Å². The molecule has 0 atom stereocenters. The van der Waals surface area contributed by atoms with Crippen LogP contribution in [0.4, 0.5) is 0 Å². The minimum Gasteiger partial charge on any atom is -0.550 e. The Hall–Kier alpha value is -1.72. The molecular formula is C18H30AlO8. The van der Waals surface area contributed by atoms with E-state index in [-0.39, 0.29) is 34.9 Å². The maximum atomic E-state index is 10.4. The maximum absolute atomic E-state index is 10.4. The van der Waals surface area contributed by atoms with Crippen LogP contribution in [0.1, 0.15) is 79.1 Å². The van der Waals surface area contributed by atoms with Crippen LogP contribution >= 0.6 is 0 Å². The number of aliphatic carboxylic acids is 2. The van der Waals surface area contributed by atoms with Crippen molar-refractivity contribution in [3.05, 3.63) is 0 Å². The molecule has 0 aromatic heterocycles. The third kappa shape index (κ3) is 40.4. The Morgan fingerprint density at radius 1 is 0.741 bits per heavy atom. The summed E-state index contributed by atoms with van der Waals surface area (Å²) in [5.74, 6) is -3.25. The van der Waals surface area contributed by atoms with E-state index in [1.165, 1.54) is 6.92 Å². The largest absolute Gasteiger partial charge is 2.00 e. The molecule has 0 aromatic carbocycles. The molecule has 0 saturated carbocycles. The zero-order chi connectivity index (χ0) is 21.0. The zero-order valence-electron chi connectivity index (χ0n) is 16.7. The molecule has 153 valence electrons. The van der Waals surface area contributed by atoms with Crippen LogP contribution in [-0.4, -0.2) is 53.4 Å². The third-order valence-corrected chi connectivity index (χ3v) is 2.54. The number of hydrogen-bond donors (Lipinski definition) is 0. The molecule has 1 radical (unpaired) electrons. The molecule has 0 aliphatic heterocycles. The van der Waals surface area contributed by atoms with E-state index in [2.05, 4.69) is 11.7 Å². The van der Waals surface area contributed by atoms with E-state index in [0.29, 0.717) is 32.3 Å². The molecule has 0 aromatic rings. The van der Waals surface area contributed by atoms with Crippen LogP contribution in [0.2, 0.25) is 0 Å². The first kappa shape index (κ1) is 32.9. The van der Waals surface area contributed by atoms with Gasteiger partial charge in [-0.1, -0.05) is 27.2 Å². The van der Waals surface area contributed by atoms with Gasteiger partial charge in [-0.25, -0.2) is 0 Å². The number of rotatable bonds is 11. The minimum absolute atomic E-state index is 0. The summed E-state index contributed by atoms with van der Waals surface area (Å²) in [6.07, 6.45) is 3.26. The maximum Gasteiger partial charge on any atom is 2.00 e. The molecule has 0 N–H and O–H groups in total. The monoisotopic (exact) mass is 401 g/mol. The predicted octanol–water partition coefficient (Wildman–Crippen LogP) is -0.0400. The molecule has 0 spiro atoms. The third-order valence-electron chi connectivity index (χ3n) is 2.54. The van der Waals surface area contributed by atoms with E-state index in [9.17, 15) is 34.2 Å². The summed E-state index contributed by atoms with van der Waals surface area (Å²) < 4.78 is 4.64. The van der Waals surface area contributed by atoms with Crippen LogP contribution in [0.15, 0.2) is 0 Å². The van der Waals surface area contributed by atoms with E-state index in [0.717, 1.165) is 12.8 Å². The summed E-state index contributed by atoms with van der Waals surface area (Å²) in [4.78, 5) is 50.5. The Balaban J connectivity index is -0.000000145. The zero-order valence-corrected chi connectivity index (χ0v) is 17.9. The second-order valence-corrected chi connectivity index (χ2v) is 5.37. The predicted molar refractivity (Wildman–Crippen MR) is 96.4 cm³/mol. The topological polar surface area (TPSA) is 141 Å².